The summed E-state index contributed by atoms with van der Waals surface area (Å²) >= 11 is 6.44. The van der Waals surface area contributed by atoms with Crippen molar-refractivity contribution in [3.05, 3.63) is 22.7 Å². The van der Waals surface area contributed by atoms with Gasteiger partial charge in [0.15, 0.2) is 11.5 Å². The van der Waals surface area contributed by atoms with Crippen LogP contribution in [0.15, 0.2) is 12.1 Å². The first kappa shape index (κ1) is 18.4. The Bertz CT molecular complexity index is 458. The van der Waals surface area contributed by atoms with Gasteiger partial charge in [-0.15, -0.1) is 12.4 Å². The smallest absolute Gasteiger partial charge is 0.179 e. The van der Waals surface area contributed by atoms with Crippen molar-refractivity contribution in [3.8, 4) is 11.5 Å². The Morgan fingerprint density at radius 1 is 1.29 bits per heavy atom. The molecule has 4 nitrogen and oxygen atoms in total. The number of likely N-dealkylation sites (tertiary alicyclic amines) is 1. The van der Waals surface area contributed by atoms with E-state index in [1.165, 1.54) is 19.3 Å². The van der Waals surface area contributed by atoms with Crippen molar-refractivity contribution in [3.63, 3.8) is 0 Å². The van der Waals surface area contributed by atoms with Gasteiger partial charge in [0.05, 0.1) is 19.2 Å². The fourth-order valence-corrected chi connectivity index (χ4v) is 3.10. The molecule has 1 unspecified atom stereocenters. The van der Waals surface area contributed by atoms with E-state index in [9.17, 15) is 0 Å². The maximum absolute atomic E-state index is 6.44. The van der Waals surface area contributed by atoms with E-state index in [-0.39, 0.29) is 12.4 Å². The van der Waals surface area contributed by atoms with Crippen LogP contribution in [0.3, 0.4) is 0 Å². The van der Waals surface area contributed by atoms with Gasteiger partial charge in [0.1, 0.15) is 0 Å². The highest BCUT2D eigenvalue weighted by Crippen LogP contribution is 2.38. The minimum Gasteiger partial charge on any atom is -0.493 e. The zero-order chi connectivity index (χ0) is 14.5. The van der Waals surface area contributed by atoms with Gasteiger partial charge in [-0.3, -0.25) is 4.90 Å². The Balaban J connectivity index is 0.00000220. The van der Waals surface area contributed by atoms with E-state index in [0.717, 1.165) is 18.7 Å². The average molecular weight is 335 g/mol. The molecule has 1 aromatic carbocycles. The molecule has 0 saturated carbocycles. The quantitative estimate of drug-likeness (QED) is 0.898. The summed E-state index contributed by atoms with van der Waals surface area (Å²) in [5, 5.41) is 0.633. The van der Waals surface area contributed by atoms with Crippen molar-refractivity contribution in [2.24, 2.45) is 5.73 Å². The molecule has 1 aliphatic heterocycles. The van der Waals surface area contributed by atoms with E-state index >= 15 is 0 Å². The van der Waals surface area contributed by atoms with Gasteiger partial charge >= 0.3 is 0 Å². The molecule has 0 aliphatic carbocycles. The van der Waals surface area contributed by atoms with E-state index in [1.54, 1.807) is 14.2 Å². The lowest BCUT2D eigenvalue weighted by molar-refractivity contribution is 0.145. The number of methoxy groups -OCH3 is 2. The minimum atomic E-state index is 0. The third-order valence-electron chi connectivity index (χ3n) is 3.96. The molecule has 1 saturated heterocycles. The van der Waals surface area contributed by atoms with Gasteiger partial charge in [-0.1, -0.05) is 24.1 Å². The highest BCUT2D eigenvalue weighted by atomic mass is 35.5. The normalized spacial score (nSPS) is 19.0. The van der Waals surface area contributed by atoms with E-state index < -0.39 is 0 Å². The SMILES string of the molecule is COc1ccc(CN2CCCCC2CN)c(Cl)c1OC.Cl. The second kappa shape index (κ2) is 8.69. The van der Waals surface area contributed by atoms with E-state index in [4.69, 9.17) is 26.8 Å². The molecule has 1 atom stereocenters. The molecule has 0 aromatic heterocycles. The van der Waals surface area contributed by atoms with Crippen molar-refractivity contribution in [1.82, 2.24) is 4.90 Å². The molecule has 0 amide bonds. The van der Waals surface area contributed by atoms with Crippen LogP contribution in [0.4, 0.5) is 0 Å². The van der Waals surface area contributed by atoms with E-state index in [0.29, 0.717) is 29.1 Å². The summed E-state index contributed by atoms with van der Waals surface area (Å²) in [6, 6.07) is 4.36. The second-order valence-electron chi connectivity index (χ2n) is 5.13. The summed E-state index contributed by atoms with van der Waals surface area (Å²) in [5.41, 5.74) is 6.93. The molecule has 21 heavy (non-hydrogen) atoms. The van der Waals surface area contributed by atoms with Crippen molar-refractivity contribution in [2.75, 3.05) is 27.3 Å². The second-order valence-corrected chi connectivity index (χ2v) is 5.51. The number of halogens is 2. The molecule has 0 radical (unpaired) electrons. The number of ether oxygens (including phenoxy) is 2. The third kappa shape index (κ3) is 4.16. The number of nitrogens with two attached hydrogens (primary N) is 1. The Hall–Kier alpha value is -0.680. The number of piperidine rings is 1. The maximum atomic E-state index is 6.44. The molecule has 2 rings (SSSR count). The number of hydrogen-bond donors (Lipinski definition) is 1. The number of rotatable bonds is 5. The summed E-state index contributed by atoms with van der Waals surface area (Å²) in [5.74, 6) is 1.27. The van der Waals surface area contributed by atoms with Gasteiger partial charge in [-0.2, -0.15) is 0 Å². The summed E-state index contributed by atoms with van der Waals surface area (Å²) in [4.78, 5) is 2.41. The lowest BCUT2D eigenvalue weighted by Gasteiger charge is -2.35. The van der Waals surface area contributed by atoms with E-state index in [1.807, 2.05) is 12.1 Å². The van der Waals surface area contributed by atoms with Crippen molar-refractivity contribution >= 4 is 24.0 Å². The molecule has 0 spiro atoms. The van der Waals surface area contributed by atoms with Crippen LogP contribution >= 0.6 is 24.0 Å². The molecular weight excluding hydrogens is 311 g/mol. The Morgan fingerprint density at radius 3 is 2.67 bits per heavy atom. The van der Waals surface area contributed by atoms with Crippen LogP contribution < -0.4 is 15.2 Å². The minimum absolute atomic E-state index is 0. The lowest BCUT2D eigenvalue weighted by atomic mass is 10.0. The largest absolute Gasteiger partial charge is 0.493 e. The molecule has 1 aromatic rings. The van der Waals surface area contributed by atoms with Crippen LogP contribution in [0.5, 0.6) is 11.5 Å². The molecule has 2 N–H and O–H groups in total. The first-order valence-electron chi connectivity index (χ1n) is 7.04. The van der Waals surface area contributed by atoms with Crippen LogP contribution in [0.25, 0.3) is 0 Å². The van der Waals surface area contributed by atoms with E-state index in [2.05, 4.69) is 4.90 Å². The first-order chi connectivity index (χ1) is 9.71. The zero-order valence-corrected chi connectivity index (χ0v) is 14.2. The molecule has 1 aliphatic rings. The standard InChI is InChI=1S/C15H23ClN2O2.ClH/c1-19-13-7-6-11(14(16)15(13)20-2)10-18-8-4-3-5-12(18)9-17;/h6-7,12H,3-5,8-10,17H2,1-2H3;1H. The fourth-order valence-electron chi connectivity index (χ4n) is 2.81. The van der Waals surface area contributed by atoms with Crippen molar-refractivity contribution in [1.29, 1.82) is 0 Å². The van der Waals surface area contributed by atoms with Crippen molar-refractivity contribution < 1.29 is 9.47 Å². The van der Waals surface area contributed by atoms with Crippen LogP contribution in [-0.2, 0) is 6.54 Å². The monoisotopic (exact) mass is 334 g/mol. The summed E-state index contributed by atoms with van der Waals surface area (Å²) in [7, 11) is 3.22. The Labute approximate surface area is 137 Å². The molecule has 1 fully saturated rings. The summed E-state index contributed by atoms with van der Waals surface area (Å²) in [6.07, 6.45) is 3.65. The summed E-state index contributed by atoms with van der Waals surface area (Å²) in [6.45, 7) is 2.58. The van der Waals surface area contributed by atoms with Crippen molar-refractivity contribution in [2.45, 2.75) is 31.8 Å². The lowest BCUT2D eigenvalue weighted by Crippen LogP contribution is -2.43. The van der Waals surface area contributed by atoms with Crippen LogP contribution in [0, 0.1) is 0 Å². The average Bonchev–Trinajstić information content (AvgIpc) is 2.49. The number of nitrogens with zero attached hydrogens (tertiary/aromatic N) is 1. The molecule has 120 valence electrons. The van der Waals surface area contributed by atoms with Gasteiger partial charge < -0.3 is 15.2 Å². The maximum Gasteiger partial charge on any atom is 0.179 e. The predicted octanol–water partition coefficient (Wildman–Crippen LogP) is 3.09. The molecular formula is C15H24Cl2N2O2. The van der Waals surface area contributed by atoms with Crippen LogP contribution in [-0.4, -0.2) is 38.3 Å². The van der Waals surface area contributed by atoms with Crippen LogP contribution in [0.1, 0.15) is 24.8 Å². The molecule has 0 bridgehead atoms. The molecule has 6 heteroatoms. The predicted molar refractivity (Wildman–Crippen MR) is 88.9 cm³/mol. The van der Waals surface area contributed by atoms with Gasteiger partial charge in [0.25, 0.3) is 0 Å². The topological polar surface area (TPSA) is 47.7 Å². The third-order valence-corrected chi connectivity index (χ3v) is 4.37. The summed E-state index contributed by atoms with van der Waals surface area (Å²) < 4.78 is 10.6. The Kier molecular flexibility index (Phi) is 7.60. The number of benzene rings is 1. The molecule has 1 heterocycles. The Morgan fingerprint density at radius 2 is 2.05 bits per heavy atom. The first-order valence-corrected chi connectivity index (χ1v) is 7.42. The van der Waals surface area contributed by atoms with Crippen LogP contribution in [0.2, 0.25) is 5.02 Å². The number of hydrogen-bond acceptors (Lipinski definition) is 4. The highest BCUT2D eigenvalue weighted by molar-refractivity contribution is 6.33. The van der Waals surface area contributed by atoms with Gasteiger partial charge in [-0.25, -0.2) is 0 Å². The zero-order valence-electron chi connectivity index (χ0n) is 12.6. The van der Waals surface area contributed by atoms with Gasteiger partial charge in [0.2, 0.25) is 0 Å². The van der Waals surface area contributed by atoms with Gasteiger partial charge in [-0.05, 0) is 31.0 Å². The highest BCUT2D eigenvalue weighted by Gasteiger charge is 2.23. The van der Waals surface area contributed by atoms with Gasteiger partial charge in [0, 0.05) is 19.1 Å². The fraction of sp³-hybridized carbons (Fsp3) is 0.600.